The van der Waals surface area contributed by atoms with E-state index >= 15 is 0 Å². The molecule has 0 bridgehead atoms. The predicted molar refractivity (Wildman–Crippen MR) is 82.9 cm³/mol. The van der Waals surface area contributed by atoms with Crippen LogP contribution < -0.4 is 10.2 Å². The summed E-state index contributed by atoms with van der Waals surface area (Å²) in [4.78, 5) is 0. The third-order valence-corrected chi connectivity index (χ3v) is 2.60. The van der Waals surface area contributed by atoms with E-state index in [0.29, 0.717) is 5.02 Å². The molecule has 0 fully saturated rings. The van der Waals surface area contributed by atoms with Crippen LogP contribution in [0, 0.1) is 0 Å². The van der Waals surface area contributed by atoms with Gasteiger partial charge in [-0.3, -0.25) is 5.43 Å². The van der Waals surface area contributed by atoms with Crippen LogP contribution in [0.2, 0.25) is 5.02 Å². The van der Waals surface area contributed by atoms with Crippen LogP contribution in [-0.4, -0.2) is 13.3 Å². The second kappa shape index (κ2) is 7.67. The van der Waals surface area contributed by atoms with Gasteiger partial charge in [0.25, 0.3) is 0 Å². The van der Waals surface area contributed by atoms with Crippen molar-refractivity contribution in [3.05, 3.63) is 59.1 Å². The monoisotopic (exact) mass is 296 g/mol. The molecule has 0 amide bonds. The zero-order chi connectivity index (χ0) is 12.8. The van der Waals surface area contributed by atoms with Crippen molar-refractivity contribution in [2.45, 2.75) is 0 Å². The zero-order valence-electron chi connectivity index (χ0n) is 10.3. The number of ether oxygens (including phenoxy) is 1. The van der Waals surface area contributed by atoms with Crippen molar-refractivity contribution in [1.29, 1.82) is 0 Å². The van der Waals surface area contributed by atoms with E-state index in [4.69, 9.17) is 16.3 Å². The summed E-state index contributed by atoms with van der Waals surface area (Å²) in [5, 5.41) is 4.85. The first kappa shape index (κ1) is 15.3. The van der Waals surface area contributed by atoms with Crippen molar-refractivity contribution in [3.63, 3.8) is 0 Å². The summed E-state index contributed by atoms with van der Waals surface area (Å²) in [5.74, 6) is 0.811. The first-order valence-corrected chi connectivity index (χ1v) is 5.84. The van der Waals surface area contributed by atoms with E-state index < -0.39 is 0 Å². The highest BCUT2D eigenvalue weighted by atomic mass is 35.5. The molecule has 3 nitrogen and oxygen atoms in total. The number of anilines is 1. The lowest BCUT2D eigenvalue weighted by atomic mass is 10.2. The number of nitrogens with zero attached hydrogens (tertiary/aromatic N) is 1. The van der Waals surface area contributed by atoms with Crippen LogP contribution >= 0.6 is 24.0 Å². The van der Waals surface area contributed by atoms with E-state index in [-0.39, 0.29) is 12.4 Å². The minimum Gasteiger partial charge on any atom is -0.497 e. The van der Waals surface area contributed by atoms with Gasteiger partial charge in [-0.05, 0) is 42.0 Å². The molecule has 100 valence electrons. The number of benzene rings is 2. The molecule has 2 rings (SSSR count). The molecule has 0 aliphatic carbocycles. The van der Waals surface area contributed by atoms with E-state index in [0.717, 1.165) is 17.0 Å². The molecule has 1 N–H and O–H groups in total. The fourth-order valence-corrected chi connectivity index (χ4v) is 1.55. The largest absolute Gasteiger partial charge is 0.497 e. The zero-order valence-corrected chi connectivity index (χ0v) is 11.9. The third kappa shape index (κ3) is 4.81. The maximum atomic E-state index is 5.79. The fourth-order valence-electron chi connectivity index (χ4n) is 1.43. The number of hydrazone groups is 1. The lowest BCUT2D eigenvalue weighted by molar-refractivity contribution is 0.415. The van der Waals surface area contributed by atoms with Crippen LogP contribution in [0.4, 0.5) is 5.69 Å². The van der Waals surface area contributed by atoms with Crippen LogP contribution in [0.15, 0.2) is 53.6 Å². The molecular weight excluding hydrogens is 283 g/mol. The summed E-state index contributed by atoms with van der Waals surface area (Å²) >= 11 is 5.79. The second-order valence-electron chi connectivity index (χ2n) is 3.65. The second-order valence-corrected chi connectivity index (χ2v) is 4.09. The average molecular weight is 297 g/mol. The lowest BCUT2D eigenvalue weighted by Crippen LogP contribution is -1.91. The maximum absolute atomic E-state index is 5.79. The molecule has 0 aliphatic heterocycles. The highest BCUT2D eigenvalue weighted by Crippen LogP contribution is 2.14. The van der Waals surface area contributed by atoms with E-state index in [1.54, 1.807) is 13.3 Å². The maximum Gasteiger partial charge on any atom is 0.119 e. The van der Waals surface area contributed by atoms with E-state index in [2.05, 4.69) is 10.5 Å². The summed E-state index contributed by atoms with van der Waals surface area (Å²) in [5.41, 5.74) is 4.78. The Morgan fingerprint density at radius 1 is 1.16 bits per heavy atom. The van der Waals surface area contributed by atoms with E-state index in [1.807, 2.05) is 48.5 Å². The number of hydrogen-bond donors (Lipinski definition) is 1. The van der Waals surface area contributed by atoms with Gasteiger partial charge in [-0.2, -0.15) is 5.10 Å². The van der Waals surface area contributed by atoms with Gasteiger partial charge in [-0.15, -0.1) is 12.4 Å². The first-order valence-electron chi connectivity index (χ1n) is 5.46. The molecule has 0 unspecified atom stereocenters. The van der Waals surface area contributed by atoms with Gasteiger partial charge in [0.1, 0.15) is 5.75 Å². The smallest absolute Gasteiger partial charge is 0.119 e. The molecule has 0 atom stereocenters. The molecule has 0 saturated heterocycles. The van der Waals surface area contributed by atoms with E-state index in [9.17, 15) is 0 Å². The van der Waals surface area contributed by atoms with Crippen LogP contribution in [-0.2, 0) is 0 Å². The van der Waals surface area contributed by atoms with Gasteiger partial charge in [0.05, 0.1) is 19.0 Å². The quantitative estimate of drug-likeness (QED) is 0.677. The highest BCUT2D eigenvalue weighted by Gasteiger charge is 1.92. The molecule has 0 heterocycles. The van der Waals surface area contributed by atoms with Crippen molar-refractivity contribution in [1.82, 2.24) is 0 Å². The van der Waals surface area contributed by atoms with Gasteiger partial charge >= 0.3 is 0 Å². The van der Waals surface area contributed by atoms with Crippen molar-refractivity contribution >= 4 is 35.9 Å². The fraction of sp³-hybridized carbons (Fsp3) is 0.0714. The minimum atomic E-state index is 0. The topological polar surface area (TPSA) is 33.6 Å². The Morgan fingerprint density at radius 2 is 1.89 bits per heavy atom. The lowest BCUT2D eigenvalue weighted by Gasteiger charge is -2.01. The first-order chi connectivity index (χ1) is 8.78. The molecule has 2 aromatic rings. The van der Waals surface area contributed by atoms with Crippen LogP contribution in [0.3, 0.4) is 0 Å². The third-order valence-electron chi connectivity index (χ3n) is 2.35. The number of rotatable bonds is 4. The van der Waals surface area contributed by atoms with Gasteiger partial charge in [0.15, 0.2) is 0 Å². The SMILES string of the molecule is COc1cccc(C=NNc2ccc(Cl)cc2)c1.Cl. The number of hydrogen-bond acceptors (Lipinski definition) is 3. The standard InChI is InChI=1S/C14H13ClN2O.ClH/c1-18-14-4-2-3-11(9-14)10-16-17-13-7-5-12(15)6-8-13;/h2-10,17H,1H3;1H. The minimum absolute atomic E-state index is 0. The Hall–Kier alpha value is -1.71. The summed E-state index contributed by atoms with van der Waals surface area (Å²) < 4.78 is 5.14. The van der Waals surface area contributed by atoms with Crippen LogP contribution in [0.5, 0.6) is 5.75 Å². The van der Waals surface area contributed by atoms with Crippen molar-refractivity contribution < 1.29 is 4.74 Å². The normalized spacial score (nSPS) is 10.0. The molecule has 0 saturated carbocycles. The predicted octanol–water partition coefficient (Wildman–Crippen LogP) is 4.22. The van der Waals surface area contributed by atoms with E-state index in [1.165, 1.54) is 0 Å². The number of nitrogens with one attached hydrogen (secondary N) is 1. The molecule has 0 spiro atoms. The molecular formula is C14H14Cl2N2O. The molecule has 0 aliphatic rings. The molecule has 19 heavy (non-hydrogen) atoms. The molecule has 5 heteroatoms. The Bertz CT molecular complexity index is 541. The Kier molecular flexibility index (Phi) is 6.19. The number of halogens is 2. The average Bonchev–Trinajstić information content (AvgIpc) is 2.41. The summed E-state index contributed by atoms with van der Waals surface area (Å²) in [6.45, 7) is 0. The summed E-state index contributed by atoms with van der Waals surface area (Å²) in [6.07, 6.45) is 1.73. The molecule has 0 aromatic heterocycles. The Morgan fingerprint density at radius 3 is 2.58 bits per heavy atom. The van der Waals surface area contributed by atoms with Crippen molar-refractivity contribution in [2.75, 3.05) is 12.5 Å². The molecule has 2 aromatic carbocycles. The summed E-state index contributed by atoms with van der Waals surface area (Å²) in [6, 6.07) is 15.0. The van der Waals surface area contributed by atoms with Gasteiger partial charge < -0.3 is 4.74 Å². The van der Waals surface area contributed by atoms with Gasteiger partial charge in [0, 0.05) is 5.02 Å². The summed E-state index contributed by atoms with van der Waals surface area (Å²) in [7, 11) is 1.64. The highest BCUT2D eigenvalue weighted by molar-refractivity contribution is 6.30. The van der Waals surface area contributed by atoms with Crippen LogP contribution in [0.1, 0.15) is 5.56 Å². The number of methoxy groups -OCH3 is 1. The van der Waals surface area contributed by atoms with Gasteiger partial charge in [-0.1, -0.05) is 23.7 Å². The van der Waals surface area contributed by atoms with Gasteiger partial charge in [0.2, 0.25) is 0 Å². The Balaban J connectivity index is 0.00000180. The van der Waals surface area contributed by atoms with Crippen LogP contribution in [0.25, 0.3) is 0 Å². The van der Waals surface area contributed by atoms with Crippen molar-refractivity contribution in [2.24, 2.45) is 5.10 Å². The van der Waals surface area contributed by atoms with Gasteiger partial charge in [-0.25, -0.2) is 0 Å². The molecule has 0 radical (unpaired) electrons. The van der Waals surface area contributed by atoms with Crippen molar-refractivity contribution in [3.8, 4) is 5.75 Å². The Labute approximate surface area is 123 Å².